The van der Waals surface area contributed by atoms with E-state index in [1.807, 2.05) is 20.8 Å². The Labute approximate surface area is 115 Å². The molecule has 2 N–H and O–H groups in total. The number of benzene rings is 1. The van der Waals surface area contributed by atoms with E-state index in [0.717, 1.165) is 17.8 Å². The number of halogens is 3. The lowest BCUT2D eigenvalue weighted by Crippen LogP contribution is -2.12. The van der Waals surface area contributed by atoms with Crippen molar-refractivity contribution in [1.82, 2.24) is 9.78 Å². The Balaban J connectivity index is 2.40. The van der Waals surface area contributed by atoms with Crippen LogP contribution >= 0.6 is 0 Å². The summed E-state index contributed by atoms with van der Waals surface area (Å²) in [4.78, 5) is 0. The third kappa shape index (κ3) is 2.79. The van der Waals surface area contributed by atoms with E-state index in [-0.39, 0.29) is 5.41 Å². The van der Waals surface area contributed by atoms with Gasteiger partial charge < -0.3 is 5.73 Å². The highest BCUT2D eigenvalue weighted by atomic mass is 19.4. The first-order valence-corrected chi connectivity index (χ1v) is 6.13. The quantitative estimate of drug-likeness (QED) is 0.865. The highest BCUT2D eigenvalue weighted by molar-refractivity contribution is 5.45. The highest BCUT2D eigenvalue weighted by Gasteiger charge is 2.30. The summed E-state index contributed by atoms with van der Waals surface area (Å²) in [6.07, 6.45) is -4.34. The monoisotopic (exact) mass is 283 g/mol. The molecule has 0 saturated carbocycles. The van der Waals surface area contributed by atoms with Gasteiger partial charge in [0.1, 0.15) is 5.82 Å². The van der Waals surface area contributed by atoms with E-state index < -0.39 is 11.7 Å². The van der Waals surface area contributed by atoms with E-state index in [4.69, 9.17) is 5.73 Å². The first-order valence-electron chi connectivity index (χ1n) is 6.13. The molecule has 108 valence electrons. The second-order valence-corrected chi connectivity index (χ2v) is 5.66. The number of anilines is 1. The maximum absolute atomic E-state index is 12.5. The number of hydrogen-bond donors (Lipinski definition) is 1. The zero-order valence-corrected chi connectivity index (χ0v) is 11.5. The minimum atomic E-state index is -4.34. The van der Waals surface area contributed by atoms with Crippen molar-refractivity contribution in [3.05, 3.63) is 41.6 Å². The molecule has 0 unspecified atom stereocenters. The molecule has 0 aliphatic rings. The number of alkyl halides is 3. The number of rotatable bonds is 1. The molecule has 6 heteroatoms. The normalized spacial score (nSPS) is 12.7. The predicted molar refractivity (Wildman–Crippen MR) is 71.7 cm³/mol. The van der Waals surface area contributed by atoms with Gasteiger partial charge in [-0.1, -0.05) is 20.8 Å². The van der Waals surface area contributed by atoms with Crippen LogP contribution in [0.1, 0.15) is 32.0 Å². The number of hydrogen-bond acceptors (Lipinski definition) is 2. The van der Waals surface area contributed by atoms with Gasteiger partial charge in [-0.25, -0.2) is 4.68 Å². The third-order valence-electron chi connectivity index (χ3n) is 2.94. The minimum absolute atomic E-state index is 0.175. The summed E-state index contributed by atoms with van der Waals surface area (Å²) < 4.78 is 39.0. The molecule has 1 aromatic carbocycles. The van der Waals surface area contributed by atoms with Gasteiger partial charge in [0, 0.05) is 11.5 Å². The molecule has 20 heavy (non-hydrogen) atoms. The van der Waals surface area contributed by atoms with Crippen molar-refractivity contribution >= 4 is 5.82 Å². The van der Waals surface area contributed by atoms with E-state index in [1.54, 1.807) is 6.07 Å². The summed E-state index contributed by atoms with van der Waals surface area (Å²) in [5.74, 6) is 0.398. The van der Waals surface area contributed by atoms with Crippen LogP contribution in [0.3, 0.4) is 0 Å². The van der Waals surface area contributed by atoms with Crippen molar-refractivity contribution in [1.29, 1.82) is 0 Å². The van der Waals surface area contributed by atoms with Gasteiger partial charge in [0.25, 0.3) is 0 Å². The van der Waals surface area contributed by atoms with Crippen LogP contribution in [0.2, 0.25) is 0 Å². The van der Waals surface area contributed by atoms with Crippen molar-refractivity contribution in [2.24, 2.45) is 0 Å². The van der Waals surface area contributed by atoms with Gasteiger partial charge in [-0.05, 0) is 24.3 Å². The van der Waals surface area contributed by atoms with E-state index in [9.17, 15) is 13.2 Å². The van der Waals surface area contributed by atoms with Crippen molar-refractivity contribution in [2.75, 3.05) is 5.73 Å². The average Bonchev–Trinajstić information content (AvgIpc) is 2.70. The van der Waals surface area contributed by atoms with Crippen LogP contribution in [-0.2, 0) is 11.6 Å². The molecule has 0 fully saturated rings. The second kappa shape index (κ2) is 4.54. The minimum Gasteiger partial charge on any atom is -0.384 e. The molecule has 0 aliphatic carbocycles. The fraction of sp³-hybridized carbons (Fsp3) is 0.357. The largest absolute Gasteiger partial charge is 0.416 e. The van der Waals surface area contributed by atoms with Gasteiger partial charge >= 0.3 is 6.18 Å². The summed E-state index contributed by atoms with van der Waals surface area (Å²) in [5.41, 5.74) is 6.30. The number of nitrogen functional groups attached to an aromatic ring is 1. The Morgan fingerprint density at radius 3 is 2.00 bits per heavy atom. The molecule has 0 aliphatic heterocycles. The summed E-state index contributed by atoms with van der Waals surface area (Å²) in [6.45, 7) is 5.98. The van der Waals surface area contributed by atoms with Crippen molar-refractivity contribution < 1.29 is 13.2 Å². The Bertz CT molecular complexity index is 604. The number of nitrogens with zero attached hydrogens (tertiary/aromatic N) is 2. The van der Waals surface area contributed by atoms with Gasteiger partial charge in [-0.15, -0.1) is 0 Å². The van der Waals surface area contributed by atoms with Crippen LogP contribution in [-0.4, -0.2) is 9.78 Å². The fourth-order valence-electron chi connectivity index (χ4n) is 1.76. The summed E-state index contributed by atoms with van der Waals surface area (Å²) in [6, 6.07) is 6.50. The van der Waals surface area contributed by atoms with E-state index in [0.29, 0.717) is 11.5 Å². The SMILES string of the molecule is CC(C)(C)c1cc(N)n(-c2ccc(C(F)(F)F)cc2)n1. The zero-order valence-electron chi connectivity index (χ0n) is 11.5. The van der Waals surface area contributed by atoms with Crippen molar-refractivity contribution in [2.45, 2.75) is 32.4 Å². The fourth-order valence-corrected chi connectivity index (χ4v) is 1.76. The van der Waals surface area contributed by atoms with Crippen LogP contribution in [0.5, 0.6) is 0 Å². The molecule has 1 heterocycles. The van der Waals surface area contributed by atoms with E-state index in [2.05, 4.69) is 5.10 Å². The molecule has 0 radical (unpaired) electrons. The Morgan fingerprint density at radius 2 is 1.60 bits per heavy atom. The molecule has 3 nitrogen and oxygen atoms in total. The molecule has 1 aromatic heterocycles. The lowest BCUT2D eigenvalue weighted by molar-refractivity contribution is -0.137. The maximum atomic E-state index is 12.5. The summed E-state index contributed by atoms with van der Waals surface area (Å²) in [5, 5.41) is 4.35. The molecular formula is C14H16F3N3. The lowest BCUT2D eigenvalue weighted by Gasteiger charge is -2.14. The van der Waals surface area contributed by atoms with Crippen LogP contribution in [0.15, 0.2) is 30.3 Å². The Kier molecular flexibility index (Phi) is 3.28. The van der Waals surface area contributed by atoms with E-state index >= 15 is 0 Å². The lowest BCUT2D eigenvalue weighted by atomic mass is 9.92. The topological polar surface area (TPSA) is 43.8 Å². The molecule has 2 aromatic rings. The molecular weight excluding hydrogens is 267 g/mol. The van der Waals surface area contributed by atoms with Gasteiger partial charge in [-0.3, -0.25) is 0 Å². The molecule has 0 atom stereocenters. The number of nitrogens with two attached hydrogens (primary N) is 1. The molecule has 2 rings (SSSR count). The smallest absolute Gasteiger partial charge is 0.384 e. The summed E-state index contributed by atoms with van der Waals surface area (Å²) >= 11 is 0. The van der Waals surface area contributed by atoms with Crippen LogP contribution in [0.4, 0.5) is 19.0 Å². The second-order valence-electron chi connectivity index (χ2n) is 5.66. The number of aromatic nitrogens is 2. The highest BCUT2D eigenvalue weighted by Crippen LogP contribution is 2.30. The molecule has 0 spiro atoms. The predicted octanol–water partition coefficient (Wildman–Crippen LogP) is 3.77. The maximum Gasteiger partial charge on any atom is 0.416 e. The standard InChI is InChI=1S/C14H16F3N3/c1-13(2,3)11-8-12(18)20(19-11)10-6-4-9(5-7-10)14(15,16)17/h4-8H,18H2,1-3H3. The van der Waals surface area contributed by atoms with E-state index in [1.165, 1.54) is 16.8 Å². The zero-order chi connectivity index (χ0) is 15.1. The van der Waals surface area contributed by atoms with Gasteiger partial charge in [0.15, 0.2) is 0 Å². The first kappa shape index (κ1) is 14.4. The molecule has 0 bridgehead atoms. The van der Waals surface area contributed by atoms with Crippen molar-refractivity contribution in [3.63, 3.8) is 0 Å². The Hall–Kier alpha value is -1.98. The van der Waals surface area contributed by atoms with Gasteiger partial charge in [-0.2, -0.15) is 18.3 Å². The van der Waals surface area contributed by atoms with Gasteiger partial charge in [0.05, 0.1) is 16.9 Å². The van der Waals surface area contributed by atoms with Crippen LogP contribution in [0.25, 0.3) is 5.69 Å². The average molecular weight is 283 g/mol. The summed E-state index contributed by atoms with van der Waals surface area (Å²) in [7, 11) is 0. The van der Waals surface area contributed by atoms with Gasteiger partial charge in [0.2, 0.25) is 0 Å². The molecule has 0 saturated heterocycles. The third-order valence-corrected chi connectivity index (χ3v) is 2.94. The van der Waals surface area contributed by atoms with Crippen molar-refractivity contribution in [3.8, 4) is 5.69 Å². The Morgan fingerprint density at radius 1 is 1.05 bits per heavy atom. The van der Waals surface area contributed by atoms with Crippen LogP contribution in [0, 0.1) is 0 Å². The molecule has 0 amide bonds. The van der Waals surface area contributed by atoms with Crippen LogP contribution < -0.4 is 5.73 Å². The first-order chi connectivity index (χ1) is 9.09.